The molecule has 1 aliphatic heterocycles. The van der Waals surface area contributed by atoms with Gasteiger partial charge in [0, 0.05) is 30.1 Å². The van der Waals surface area contributed by atoms with E-state index in [4.69, 9.17) is 37.4 Å². The van der Waals surface area contributed by atoms with Crippen LogP contribution in [0.15, 0.2) is 36.4 Å². The standard InChI is InChI=1S/C21H24Cl2N2O4/c1-25(7-3-8-27-16-6-2-5-15(22)11-16)14-21(26)24-18-13-20-19(12-17(18)23)28-9-4-10-29-20/h2,5-6,11-13H,3-4,7-10,14H2,1H3,(H,24,26). The highest BCUT2D eigenvalue weighted by Crippen LogP contribution is 2.37. The number of amides is 1. The minimum absolute atomic E-state index is 0.153. The van der Waals surface area contributed by atoms with Crippen molar-refractivity contribution < 1.29 is 19.0 Å². The Morgan fingerprint density at radius 3 is 2.69 bits per heavy atom. The highest BCUT2D eigenvalue weighted by Gasteiger charge is 2.16. The molecule has 2 aromatic rings. The van der Waals surface area contributed by atoms with Crippen LogP contribution in [0.4, 0.5) is 5.69 Å². The van der Waals surface area contributed by atoms with Crippen molar-refractivity contribution in [2.75, 3.05) is 45.3 Å². The lowest BCUT2D eigenvalue weighted by Crippen LogP contribution is -2.31. The van der Waals surface area contributed by atoms with Gasteiger partial charge in [0.2, 0.25) is 5.91 Å². The van der Waals surface area contributed by atoms with E-state index in [2.05, 4.69) is 5.32 Å². The number of carbonyl (C=O) groups excluding carboxylic acids is 1. The molecule has 2 aromatic carbocycles. The highest BCUT2D eigenvalue weighted by atomic mass is 35.5. The van der Waals surface area contributed by atoms with Gasteiger partial charge >= 0.3 is 0 Å². The maximum Gasteiger partial charge on any atom is 0.238 e. The van der Waals surface area contributed by atoms with E-state index in [1.807, 2.05) is 24.1 Å². The molecular formula is C21H24Cl2N2O4. The number of nitrogens with zero attached hydrogens (tertiary/aromatic N) is 1. The number of nitrogens with one attached hydrogen (secondary N) is 1. The third-order valence-corrected chi connectivity index (χ3v) is 4.82. The van der Waals surface area contributed by atoms with Gasteiger partial charge in [-0.25, -0.2) is 0 Å². The Bertz CT molecular complexity index is 847. The first kappa shape index (κ1) is 21.6. The van der Waals surface area contributed by atoms with Gasteiger partial charge in [-0.15, -0.1) is 0 Å². The lowest BCUT2D eigenvalue weighted by molar-refractivity contribution is -0.117. The summed E-state index contributed by atoms with van der Waals surface area (Å²) in [5, 5.41) is 3.90. The van der Waals surface area contributed by atoms with Crippen molar-refractivity contribution in [2.24, 2.45) is 0 Å². The summed E-state index contributed by atoms with van der Waals surface area (Å²) in [6, 6.07) is 10.7. The Hall–Kier alpha value is -2.15. The molecule has 8 heteroatoms. The van der Waals surface area contributed by atoms with E-state index in [1.165, 1.54) is 0 Å². The molecule has 1 N–H and O–H groups in total. The zero-order valence-corrected chi connectivity index (χ0v) is 17.8. The van der Waals surface area contributed by atoms with Crippen LogP contribution in [0.5, 0.6) is 17.2 Å². The number of hydrogen-bond donors (Lipinski definition) is 1. The van der Waals surface area contributed by atoms with Gasteiger partial charge in [-0.3, -0.25) is 9.69 Å². The van der Waals surface area contributed by atoms with Crippen LogP contribution < -0.4 is 19.5 Å². The van der Waals surface area contributed by atoms with Gasteiger partial charge in [0.1, 0.15) is 5.75 Å². The first-order valence-electron chi connectivity index (χ1n) is 9.47. The minimum Gasteiger partial charge on any atom is -0.493 e. The molecular weight excluding hydrogens is 415 g/mol. The SMILES string of the molecule is CN(CCCOc1cccc(Cl)c1)CC(=O)Nc1cc2c(cc1Cl)OCCCO2. The number of fused-ring (bicyclic) bond motifs is 1. The van der Waals surface area contributed by atoms with Crippen molar-refractivity contribution in [3.63, 3.8) is 0 Å². The second-order valence-electron chi connectivity index (χ2n) is 6.77. The summed E-state index contributed by atoms with van der Waals surface area (Å²) in [5.41, 5.74) is 0.513. The van der Waals surface area contributed by atoms with Gasteiger partial charge in [0.25, 0.3) is 0 Å². The van der Waals surface area contributed by atoms with Gasteiger partial charge in [-0.2, -0.15) is 0 Å². The lowest BCUT2D eigenvalue weighted by atomic mass is 10.2. The van der Waals surface area contributed by atoms with E-state index in [1.54, 1.807) is 24.3 Å². The molecule has 0 bridgehead atoms. The Labute approximate surface area is 180 Å². The van der Waals surface area contributed by atoms with Gasteiger partial charge in [0.15, 0.2) is 11.5 Å². The van der Waals surface area contributed by atoms with Crippen LogP contribution in [0.2, 0.25) is 10.0 Å². The summed E-state index contributed by atoms with van der Waals surface area (Å²) in [4.78, 5) is 14.3. The van der Waals surface area contributed by atoms with Crippen LogP contribution in [-0.2, 0) is 4.79 Å². The molecule has 1 amide bonds. The van der Waals surface area contributed by atoms with Gasteiger partial charge in [-0.1, -0.05) is 29.3 Å². The predicted octanol–water partition coefficient (Wildman–Crippen LogP) is 4.49. The van der Waals surface area contributed by atoms with Gasteiger partial charge in [-0.05, 0) is 31.7 Å². The Morgan fingerprint density at radius 1 is 1.17 bits per heavy atom. The predicted molar refractivity (Wildman–Crippen MR) is 115 cm³/mol. The fourth-order valence-corrected chi connectivity index (χ4v) is 3.26. The fourth-order valence-electron chi connectivity index (χ4n) is 2.87. The number of ether oxygens (including phenoxy) is 3. The van der Waals surface area contributed by atoms with E-state index in [9.17, 15) is 4.79 Å². The lowest BCUT2D eigenvalue weighted by Gasteiger charge is -2.17. The number of benzene rings is 2. The van der Waals surface area contributed by atoms with Crippen molar-refractivity contribution in [1.29, 1.82) is 0 Å². The van der Waals surface area contributed by atoms with Crippen LogP contribution >= 0.6 is 23.2 Å². The van der Waals surface area contributed by atoms with Gasteiger partial charge < -0.3 is 19.5 Å². The minimum atomic E-state index is -0.153. The summed E-state index contributed by atoms with van der Waals surface area (Å²) in [6.07, 6.45) is 1.58. The average Bonchev–Trinajstić information content (AvgIpc) is 2.90. The topological polar surface area (TPSA) is 60.0 Å². The van der Waals surface area contributed by atoms with Crippen LogP contribution in [0.1, 0.15) is 12.8 Å². The van der Waals surface area contributed by atoms with E-state index >= 15 is 0 Å². The number of hydrogen-bond acceptors (Lipinski definition) is 5. The summed E-state index contributed by atoms with van der Waals surface area (Å²) < 4.78 is 16.9. The first-order chi connectivity index (χ1) is 14.0. The van der Waals surface area contributed by atoms with Crippen LogP contribution in [0, 0.1) is 0 Å². The van der Waals surface area contributed by atoms with E-state index < -0.39 is 0 Å². The monoisotopic (exact) mass is 438 g/mol. The van der Waals surface area contributed by atoms with Crippen LogP contribution in [0.25, 0.3) is 0 Å². The molecule has 0 fully saturated rings. The molecule has 1 aliphatic rings. The number of halogens is 2. The van der Waals surface area contributed by atoms with E-state index in [0.717, 1.165) is 18.6 Å². The molecule has 0 aromatic heterocycles. The smallest absolute Gasteiger partial charge is 0.238 e. The average molecular weight is 439 g/mol. The molecule has 1 heterocycles. The molecule has 0 unspecified atom stereocenters. The maximum atomic E-state index is 12.4. The Kier molecular flexibility index (Phi) is 7.86. The van der Waals surface area contributed by atoms with Gasteiger partial charge in [0.05, 0.1) is 37.1 Å². The largest absolute Gasteiger partial charge is 0.493 e. The number of likely N-dealkylation sites (N-methyl/N-ethyl adjacent to an activating group) is 1. The second kappa shape index (κ2) is 10.6. The van der Waals surface area contributed by atoms with Crippen LogP contribution in [0.3, 0.4) is 0 Å². The first-order valence-corrected chi connectivity index (χ1v) is 10.2. The van der Waals surface area contributed by atoms with Crippen molar-refractivity contribution in [2.45, 2.75) is 12.8 Å². The highest BCUT2D eigenvalue weighted by molar-refractivity contribution is 6.34. The van der Waals surface area contributed by atoms with E-state index in [-0.39, 0.29) is 12.5 Å². The molecule has 0 aliphatic carbocycles. The molecule has 3 rings (SSSR count). The molecule has 0 spiro atoms. The second-order valence-corrected chi connectivity index (χ2v) is 7.62. The summed E-state index contributed by atoms with van der Waals surface area (Å²) in [7, 11) is 1.88. The van der Waals surface area contributed by atoms with Crippen molar-refractivity contribution >= 4 is 34.8 Å². The molecule has 156 valence electrons. The molecule has 0 radical (unpaired) electrons. The van der Waals surface area contributed by atoms with Crippen molar-refractivity contribution in [3.8, 4) is 17.2 Å². The van der Waals surface area contributed by atoms with Crippen molar-refractivity contribution in [3.05, 3.63) is 46.4 Å². The van der Waals surface area contributed by atoms with Crippen LogP contribution in [-0.4, -0.2) is 50.8 Å². The fraction of sp³-hybridized carbons (Fsp3) is 0.381. The number of carbonyl (C=O) groups is 1. The number of anilines is 1. The molecule has 0 atom stereocenters. The maximum absolute atomic E-state index is 12.4. The molecule has 29 heavy (non-hydrogen) atoms. The summed E-state index contributed by atoms with van der Waals surface area (Å²) >= 11 is 12.2. The summed E-state index contributed by atoms with van der Waals surface area (Å²) in [6.45, 7) is 2.65. The van der Waals surface area contributed by atoms with E-state index in [0.29, 0.717) is 53.6 Å². The van der Waals surface area contributed by atoms with Crippen molar-refractivity contribution in [1.82, 2.24) is 4.90 Å². The third-order valence-electron chi connectivity index (χ3n) is 4.27. The Balaban J connectivity index is 1.43. The normalized spacial score (nSPS) is 13.1. The summed E-state index contributed by atoms with van der Waals surface area (Å²) in [5.74, 6) is 1.78. The quantitative estimate of drug-likeness (QED) is 0.614. The Morgan fingerprint density at radius 2 is 1.93 bits per heavy atom. The zero-order valence-electron chi connectivity index (χ0n) is 16.2. The number of rotatable bonds is 8. The molecule has 0 saturated heterocycles. The molecule has 0 saturated carbocycles. The zero-order chi connectivity index (χ0) is 20.6. The third kappa shape index (κ3) is 6.70. The molecule has 6 nitrogen and oxygen atoms in total.